The third kappa shape index (κ3) is 3.21. The topological polar surface area (TPSA) is 12.0 Å². The second kappa shape index (κ2) is 5.26. The number of nitrogens with one attached hydrogen (secondary N) is 1. The summed E-state index contributed by atoms with van der Waals surface area (Å²) in [5.41, 5.74) is 0.226. The summed E-state index contributed by atoms with van der Waals surface area (Å²) >= 11 is 0. The molecule has 0 bridgehead atoms. The van der Waals surface area contributed by atoms with Crippen molar-refractivity contribution < 1.29 is 22.0 Å². The van der Waals surface area contributed by atoms with Crippen molar-refractivity contribution in [1.82, 2.24) is 0 Å². The molecule has 0 spiro atoms. The fourth-order valence-electron chi connectivity index (χ4n) is 1.57. The van der Waals surface area contributed by atoms with Crippen LogP contribution in [0.3, 0.4) is 0 Å². The van der Waals surface area contributed by atoms with Crippen LogP contribution >= 0.6 is 0 Å². The SMILES string of the molecule is Fc1cc(F)cc(CNc2cc(F)c(F)c(F)c2)c1. The van der Waals surface area contributed by atoms with Crippen molar-refractivity contribution in [3.63, 3.8) is 0 Å². The molecule has 19 heavy (non-hydrogen) atoms. The summed E-state index contributed by atoms with van der Waals surface area (Å²) in [7, 11) is 0. The largest absolute Gasteiger partial charge is 0.381 e. The Hall–Kier alpha value is -2.11. The number of anilines is 1. The van der Waals surface area contributed by atoms with E-state index < -0.39 is 29.1 Å². The van der Waals surface area contributed by atoms with Crippen molar-refractivity contribution >= 4 is 5.69 Å². The normalized spacial score (nSPS) is 10.6. The van der Waals surface area contributed by atoms with E-state index in [4.69, 9.17) is 0 Å². The minimum absolute atomic E-state index is 0.0268. The van der Waals surface area contributed by atoms with Crippen molar-refractivity contribution in [2.45, 2.75) is 6.54 Å². The summed E-state index contributed by atoms with van der Waals surface area (Å²) in [4.78, 5) is 0. The Morgan fingerprint density at radius 1 is 0.737 bits per heavy atom. The number of rotatable bonds is 3. The van der Waals surface area contributed by atoms with Crippen molar-refractivity contribution in [2.24, 2.45) is 0 Å². The fraction of sp³-hybridized carbons (Fsp3) is 0.0769. The van der Waals surface area contributed by atoms with Crippen LogP contribution in [0, 0.1) is 29.1 Å². The van der Waals surface area contributed by atoms with E-state index >= 15 is 0 Å². The second-order valence-corrected chi connectivity index (χ2v) is 3.89. The highest BCUT2D eigenvalue weighted by Crippen LogP contribution is 2.18. The molecule has 1 nitrogen and oxygen atoms in total. The van der Waals surface area contributed by atoms with Gasteiger partial charge in [-0.15, -0.1) is 0 Å². The van der Waals surface area contributed by atoms with E-state index in [2.05, 4.69) is 5.32 Å². The number of halogens is 5. The van der Waals surface area contributed by atoms with Crippen molar-refractivity contribution in [2.75, 3.05) is 5.32 Å². The van der Waals surface area contributed by atoms with Gasteiger partial charge in [-0.05, 0) is 17.7 Å². The van der Waals surface area contributed by atoms with Crippen LogP contribution in [0.15, 0.2) is 30.3 Å². The summed E-state index contributed by atoms with van der Waals surface area (Å²) in [5, 5.41) is 2.54. The van der Waals surface area contributed by atoms with E-state index in [1.165, 1.54) is 0 Å². The number of benzene rings is 2. The monoisotopic (exact) mass is 273 g/mol. The van der Waals surface area contributed by atoms with E-state index in [1.807, 2.05) is 0 Å². The minimum Gasteiger partial charge on any atom is -0.381 e. The fourth-order valence-corrected chi connectivity index (χ4v) is 1.57. The molecule has 0 amide bonds. The lowest BCUT2D eigenvalue weighted by Crippen LogP contribution is -2.02. The lowest BCUT2D eigenvalue weighted by molar-refractivity contribution is 0.447. The second-order valence-electron chi connectivity index (χ2n) is 3.89. The van der Waals surface area contributed by atoms with Gasteiger partial charge in [-0.1, -0.05) is 0 Å². The Morgan fingerprint density at radius 2 is 1.26 bits per heavy atom. The summed E-state index contributed by atoms with van der Waals surface area (Å²) in [5.74, 6) is -5.76. The smallest absolute Gasteiger partial charge is 0.194 e. The molecule has 0 heterocycles. The molecule has 0 aliphatic heterocycles. The molecular formula is C13H8F5N. The van der Waals surface area contributed by atoms with Crippen molar-refractivity contribution in [3.05, 3.63) is 65.0 Å². The van der Waals surface area contributed by atoms with Gasteiger partial charge >= 0.3 is 0 Å². The lowest BCUT2D eigenvalue weighted by Gasteiger charge is -2.08. The van der Waals surface area contributed by atoms with Crippen molar-refractivity contribution in [1.29, 1.82) is 0 Å². The Morgan fingerprint density at radius 3 is 1.79 bits per heavy atom. The maximum absolute atomic E-state index is 12.9. The van der Waals surface area contributed by atoms with Crippen LogP contribution in [0.4, 0.5) is 27.6 Å². The summed E-state index contributed by atoms with van der Waals surface area (Å²) in [6.45, 7) is -0.0564. The van der Waals surface area contributed by atoms with Gasteiger partial charge in [-0.3, -0.25) is 0 Å². The molecule has 2 aromatic rings. The molecule has 100 valence electrons. The van der Waals surface area contributed by atoms with Crippen LogP contribution < -0.4 is 5.32 Å². The molecule has 0 radical (unpaired) electrons. The van der Waals surface area contributed by atoms with Crippen LogP contribution in [0.25, 0.3) is 0 Å². The van der Waals surface area contributed by atoms with E-state index in [1.54, 1.807) is 0 Å². The van der Waals surface area contributed by atoms with Crippen LogP contribution in [0.1, 0.15) is 5.56 Å². The van der Waals surface area contributed by atoms with Gasteiger partial charge in [0, 0.05) is 30.4 Å². The average Bonchev–Trinajstić information content (AvgIpc) is 2.32. The zero-order chi connectivity index (χ0) is 14.0. The van der Waals surface area contributed by atoms with E-state index in [9.17, 15) is 22.0 Å². The molecule has 0 aliphatic rings. The van der Waals surface area contributed by atoms with Gasteiger partial charge in [0.15, 0.2) is 17.5 Å². The van der Waals surface area contributed by atoms with Crippen LogP contribution in [0.5, 0.6) is 0 Å². The first kappa shape index (κ1) is 13.3. The quantitative estimate of drug-likeness (QED) is 0.658. The third-order valence-electron chi connectivity index (χ3n) is 2.40. The van der Waals surface area contributed by atoms with Gasteiger partial charge in [0.2, 0.25) is 0 Å². The first-order valence-corrected chi connectivity index (χ1v) is 5.29. The molecule has 1 N–H and O–H groups in total. The molecule has 0 unspecified atom stereocenters. The maximum atomic E-state index is 12.9. The zero-order valence-corrected chi connectivity index (χ0v) is 9.48. The first-order chi connectivity index (χ1) is 8.95. The molecule has 2 rings (SSSR count). The average molecular weight is 273 g/mol. The van der Waals surface area contributed by atoms with Gasteiger partial charge in [0.05, 0.1) is 0 Å². The van der Waals surface area contributed by atoms with E-state index in [0.717, 1.165) is 24.3 Å². The molecule has 0 fully saturated rings. The first-order valence-electron chi connectivity index (χ1n) is 5.29. The van der Waals surface area contributed by atoms with Gasteiger partial charge in [-0.2, -0.15) is 0 Å². The van der Waals surface area contributed by atoms with E-state index in [-0.39, 0.29) is 17.8 Å². The predicted molar refractivity (Wildman–Crippen MR) is 60.0 cm³/mol. The van der Waals surface area contributed by atoms with Crippen molar-refractivity contribution in [3.8, 4) is 0 Å². The Bertz CT molecular complexity index is 569. The summed E-state index contributed by atoms with van der Waals surface area (Å²) in [6.07, 6.45) is 0. The number of hydrogen-bond donors (Lipinski definition) is 1. The molecule has 0 saturated carbocycles. The van der Waals surface area contributed by atoms with Gasteiger partial charge in [-0.25, -0.2) is 22.0 Å². The zero-order valence-electron chi connectivity index (χ0n) is 9.48. The molecule has 0 atom stereocenters. The maximum Gasteiger partial charge on any atom is 0.194 e. The summed E-state index contributed by atoms with van der Waals surface area (Å²) in [6, 6.07) is 4.38. The van der Waals surface area contributed by atoms with Crippen LogP contribution in [-0.4, -0.2) is 0 Å². The Labute approximate surface area is 105 Å². The molecule has 0 aliphatic carbocycles. The summed E-state index contributed by atoms with van der Waals surface area (Å²) < 4.78 is 64.3. The Kier molecular flexibility index (Phi) is 3.69. The van der Waals surface area contributed by atoms with E-state index in [0.29, 0.717) is 6.07 Å². The number of hydrogen-bond acceptors (Lipinski definition) is 1. The van der Waals surface area contributed by atoms with Gasteiger partial charge in [0.1, 0.15) is 11.6 Å². The molecule has 2 aromatic carbocycles. The highest BCUT2D eigenvalue weighted by molar-refractivity contribution is 5.44. The predicted octanol–water partition coefficient (Wildman–Crippen LogP) is 3.99. The molecule has 0 saturated heterocycles. The van der Waals surface area contributed by atoms with Gasteiger partial charge < -0.3 is 5.32 Å². The highest BCUT2D eigenvalue weighted by atomic mass is 19.2. The highest BCUT2D eigenvalue weighted by Gasteiger charge is 2.10. The standard InChI is InChI=1S/C13H8F5N/c14-8-1-7(2-9(15)3-8)6-19-10-4-11(16)13(18)12(17)5-10/h1-5,19H,6H2. The minimum atomic E-state index is -1.57. The molecule has 6 heteroatoms. The van der Waals surface area contributed by atoms with Crippen LogP contribution in [0.2, 0.25) is 0 Å². The molecule has 0 aromatic heterocycles. The Balaban J connectivity index is 2.14. The van der Waals surface area contributed by atoms with Crippen LogP contribution in [-0.2, 0) is 6.54 Å². The molecular weight excluding hydrogens is 265 g/mol. The lowest BCUT2D eigenvalue weighted by atomic mass is 10.2. The van der Waals surface area contributed by atoms with Gasteiger partial charge in [0.25, 0.3) is 0 Å². The third-order valence-corrected chi connectivity index (χ3v) is 2.40.